The molecule has 6 nitrogen and oxygen atoms in total. The molecular formula is C17H19FN4O2S. The number of nitrogens with one attached hydrogen (secondary N) is 1. The van der Waals surface area contributed by atoms with E-state index in [1.165, 1.54) is 18.3 Å². The summed E-state index contributed by atoms with van der Waals surface area (Å²) >= 11 is 1.18. The van der Waals surface area contributed by atoms with E-state index in [1.54, 1.807) is 6.20 Å². The van der Waals surface area contributed by atoms with E-state index in [-0.39, 0.29) is 17.6 Å². The van der Waals surface area contributed by atoms with Crippen LogP contribution < -0.4 is 5.32 Å². The topological polar surface area (TPSA) is 67.4 Å². The van der Waals surface area contributed by atoms with Crippen LogP contribution in [0.5, 0.6) is 0 Å². The number of hydrogen-bond acceptors (Lipinski definition) is 6. The van der Waals surface area contributed by atoms with Crippen molar-refractivity contribution in [1.29, 1.82) is 0 Å². The third-order valence-corrected chi connectivity index (χ3v) is 5.78. The lowest BCUT2D eigenvalue weighted by atomic mass is 9.92. The van der Waals surface area contributed by atoms with E-state index in [9.17, 15) is 9.18 Å². The van der Waals surface area contributed by atoms with E-state index in [1.807, 2.05) is 6.07 Å². The summed E-state index contributed by atoms with van der Waals surface area (Å²) in [5.41, 5.74) is 1.78. The van der Waals surface area contributed by atoms with Crippen molar-refractivity contribution in [1.82, 2.24) is 14.9 Å². The Hall–Kier alpha value is -1.90. The fourth-order valence-corrected chi connectivity index (χ4v) is 4.65. The van der Waals surface area contributed by atoms with Gasteiger partial charge in [0, 0.05) is 37.8 Å². The number of halogens is 1. The Bertz CT molecular complexity index is 827. The van der Waals surface area contributed by atoms with Crippen LogP contribution in [0.3, 0.4) is 0 Å². The van der Waals surface area contributed by atoms with Gasteiger partial charge in [-0.3, -0.25) is 14.7 Å². The van der Waals surface area contributed by atoms with Gasteiger partial charge in [0.15, 0.2) is 5.13 Å². The van der Waals surface area contributed by atoms with Crippen LogP contribution in [0.25, 0.3) is 0 Å². The first-order chi connectivity index (χ1) is 12.0. The molecule has 2 aliphatic rings. The molecule has 4 rings (SSSR count). The lowest BCUT2D eigenvalue weighted by Crippen LogP contribution is -2.31. The molecule has 132 valence electrons. The second-order valence-electron chi connectivity index (χ2n) is 6.65. The molecule has 1 fully saturated rings. The zero-order valence-corrected chi connectivity index (χ0v) is 14.9. The van der Waals surface area contributed by atoms with Crippen LogP contribution >= 0.6 is 11.3 Å². The molecule has 0 bridgehead atoms. The molecular weight excluding hydrogens is 343 g/mol. The number of carbonyl (C=O) groups excluding carboxylic acids is 1. The molecule has 4 heterocycles. The Morgan fingerprint density at radius 2 is 2.44 bits per heavy atom. The number of hydrogen-bond donors (Lipinski definition) is 1. The van der Waals surface area contributed by atoms with Crippen molar-refractivity contribution in [3.05, 3.63) is 40.4 Å². The van der Waals surface area contributed by atoms with Gasteiger partial charge in [-0.2, -0.15) is 9.37 Å². The van der Waals surface area contributed by atoms with Gasteiger partial charge >= 0.3 is 0 Å². The van der Waals surface area contributed by atoms with Gasteiger partial charge in [0.1, 0.15) is 5.60 Å². The fraction of sp³-hybridized carbons (Fsp3) is 0.471. The predicted octanol–water partition coefficient (Wildman–Crippen LogP) is 2.66. The summed E-state index contributed by atoms with van der Waals surface area (Å²) in [5, 5.41) is 2.84. The highest BCUT2D eigenvalue weighted by Crippen LogP contribution is 2.45. The Labute approximate surface area is 149 Å². The Morgan fingerprint density at radius 3 is 3.24 bits per heavy atom. The minimum absolute atomic E-state index is 0.247. The highest BCUT2D eigenvalue weighted by atomic mass is 32.1. The number of thiazole rings is 1. The van der Waals surface area contributed by atoms with Gasteiger partial charge in [0.25, 0.3) is 0 Å². The summed E-state index contributed by atoms with van der Waals surface area (Å²) in [7, 11) is 0. The number of likely N-dealkylation sites (tertiary alicyclic amines) is 1. The Balaban J connectivity index is 1.54. The summed E-state index contributed by atoms with van der Waals surface area (Å²) in [6, 6.07) is 4.26. The molecule has 0 saturated carbocycles. The minimum atomic E-state index is -0.517. The number of rotatable bonds is 3. The summed E-state index contributed by atoms with van der Waals surface area (Å²) in [6.45, 7) is 5.18. The number of ether oxygens (including phenoxy) is 1. The van der Waals surface area contributed by atoms with E-state index in [2.05, 4.69) is 33.2 Å². The predicted molar refractivity (Wildman–Crippen MR) is 91.6 cm³/mol. The van der Waals surface area contributed by atoms with Crippen LogP contribution in [-0.2, 0) is 28.3 Å². The third kappa shape index (κ3) is 2.94. The molecule has 2 unspecified atom stereocenters. The number of aromatic nitrogens is 2. The van der Waals surface area contributed by atoms with Crippen LogP contribution in [0.1, 0.15) is 36.4 Å². The van der Waals surface area contributed by atoms with Crippen LogP contribution in [0.2, 0.25) is 0 Å². The Kier molecular flexibility index (Phi) is 4.05. The molecule has 1 spiro atoms. The van der Waals surface area contributed by atoms with E-state index in [0.717, 1.165) is 17.7 Å². The van der Waals surface area contributed by atoms with Crippen molar-refractivity contribution in [3.63, 3.8) is 0 Å². The molecule has 25 heavy (non-hydrogen) atoms. The van der Waals surface area contributed by atoms with Gasteiger partial charge in [-0.25, -0.2) is 0 Å². The summed E-state index contributed by atoms with van der Waals surface area (Å²) in [4.78, 5) is 22.0. The average molecular weight is 362 g/mol. The van der Waals surface area contributed by atoms with Crippen molar-refractivity contribution in [2.24, 2.45) is 0 Å². The van der Waals surface area contributed by atoms with Crippen LogP contribution in [0, 0.1) is 5.95 Å². The zero-order valence-electron chi connectivity index (χ0n) is 14.1. The highest BCUT2D eigenvalue weighted by Gasteiger charge is 2.49. The minimum Gasteiger partial charge on any atom is -0.363 e. The van der Waals surface area contributed by atoms with Crippen molar-refractivity contribution in [2.75, 3.05) is 11.9 Å². The SMILES string of the molecule is CC(=O)Nc1nc(F)c(CN2CC3(CC2C)OCc2ncccc23)s1. The van der Waals surface area contributed by atoms with Gasteiger partial charge in [-0.1, -0.05) is 17.4 Å². The lowest BCUT2D eigenvalue weighted by molar-refractivity contribution is -0.114. The average Bonchev–Trinajstić information content (AvgIpc) is 3.18. The van der Waals surface area contributed by atoms with E-state index in [4.69, 9.17) is 4.74 Å². The molecule has 1 N–H and O–H groups in total. The van der Waals surface area contributed by atoms with Gasteiger partial charge in [-0.15, -0.1) is 0 Å². The summed E-state index contributed by atoms with van der Waals surface area (Å²) in [5.74, 6) is -0.770. The number of fused-ring (bicyclic) bond motifs is 2. The second kappa shape index (κ2) is 6.12. The van der Waals surface area contributed by atoms with Gasteiger partial charge in [0.2, 0.25) is 11.9 Å². The molecule has 1 amide bonds. The smallest absolute Gasteiger partial charge is 0.230 e. The number of carbonyl (C=O) groups is 1. The Morgan fingerprint density at radius 1 is 1.60 bits per heavy atom. The van der Waals surface area contributed by atoms with Crippen molar-refractivity contribution >= 4 is 22.4 Å². The monoisotopic (exact) mass is 362 g/mol. The maximum Gasteiger partial charge on any atom is 0.230 e. The van der Waals surface area contributed by atoms with Crippen LogP contribution in [0.15, 0.2) is 18.3 Å². The molecule has 0 aliphatic carbocycles. The molecule has 2 atom stereocenters. The van der Waals surface area contributed by atoms with Crippen molar-refractivity contribution in [2.45, 2.75) is 45.1 Å². The quantitative estimate of drug-likeness (QED) is 0.909. The summed E-state index contributed by atoms with van der Waals surface area (Å²) in [6.07, 6.45) is 2.64. The number of amides is 1. The van der Waals surface area contributed by atoms with Crippen LogP contribution in [-0.4, -0.2) is 33.4 Å². The normalized spacial score (nSPS) is 25.5. The number of pyridine rings is 1. The molecule has 8 heteroatoms. The van der Waals surface area contributed by atoms with Crippen LogP contribution in [0.4, 0.5) is 9.52 Å². The largest absolute Gasteiger partial charge is 0.363 e. The standard InChI is InChI=1S/C17H19FN4O2S/c1-10-6-17(12-4-3-5-19-13(12)8-24-17)9-22(10)7-14-15(18)21-16(25-14)20-11(2)23/h3-5,10H,6-9H2,1-2H3,(H,20,21,23). The fourth-order valence-electron chi connectivity index (χ4n) is 3.74. The van der Waals surface area contributed by atoms with Crippen molar-refractivity contribution < 1.29 is 13.9 Å². The van der Waals surface area contributed by atoms with E-state index in [0.29, 0.717) is 29.7 Å². The summed E-state index contributed by atoms with van der Waals surface area (Å²) < 4.78 is 20.3. The van der Waals surface area contributed by atoms with E-state index < -0.39 is 5.95 Å². The molecule has 0 radical (unpaired) electrons. The first kappa shape index (κ1) is 16.6. The van der Waals surface area contributed by atoms with Gasteiger partial charge in [0.05, 0.1) is 17.2 Å². The molecule has 2 aromatic rings. The van der Waals surface area contributed by atoms with Gasteiger partial charge < -0.3 is 10.1 Å². The van der Waals surface area contributed by atoms with Crippen molar-refractivity contribution in [3.8, 4) is 0 Å². The molecule has 2 aliphatic heterocycles. The maximum atomic E-state index is 14.1. The molecule has 1 saturated heterocycles. The zero-order chi connectivity index (χ0) is 17.6. The van der Waals surface area contributed by atoms with Gasteiger partial charge in [-0.05, 0) is 19.4 Å². The first-order valence-corrected chi connectivity index (χ1v) is 9.04. The second-order valence-corrected chi connectivity index (χ2v) is 7.74. The third-order valence-electron chi connectivity index (χ3n) is 4.85. The first-order valence-electron chi connectivity index (χ1n) is 8.22. The molecule has 0 aromatic carbocycles. The molecule has 2 aromatic heterocycles. The van der Waals surface area contributed by atoms with E-state index >= 15 is 0 Å². The maximum absolute atomic E-state index is 14.1. The lowest BCUT2D eigenvalue weighted by Gasteiger charge is -2.24. The number of nitrogens with zero attached hydrogens (tertiary/aromatic N) is 3. The number of anilines is 1. The highest BCUT2D eigenvalue weighted by molar-refractivity contribution is 7.15.